The summed E-state index contributed by atoms with van der Waals surface area (Å²) in [6, 6.07) is -0.594. The van der Waals surface area contributed by atoms with E-state index in [0.29, 0.717) is 0 Å². The molecule has 2 amide bonds. The Bertz CT molecular complexity index is 229. The molecule has 0 aromatic carbocycles. The van der Waals surface area contributed by atoms with Gasteiger partial charge in [0.25, 0.3) is 0 Å². The van der Waals surface area contributed by atoms with E-state index in [1.807, 2.05) is 20.8 Å². The number of carbonyl (C=O) groups is 2. The molecule has 0 saturated carbocycles. The quantitative estimate of drug-likeness (QED) is 0.718. The standard InChI is InChI=1S/C11H22N2O2/c1-5-7(3)9(12)11(15)13-10(14)8(4)6-2/h7-9H,5-6,12H2,1-4H3,(H,13,14,15)/t7-,8-,9-/m0/s1. The molecular weight excluding hydrogens is 192 g/mol. The first-order valence-electron chi connectivity index (χ1n) is 5.54. The molecule has 3 atom stereocenters. The second-order valence-electron chi connectivity index (χ2n) is 4.07. The molecule has 0 aliphatic heterocycles. The van der Waals surface area contributed by atoms with E-state index in [4.69, 9.17) is 5.73 Å². The molecule has 0 spiro atoms. The number of amides is 2. The van der Waals surface area contributed by atoms with E-state index in [1.54, 1.807) is 6.92 Å². The van der Waals surface area contributed by atoms with E-state index in [9.17, 15) is 9.59 Å². The fourth-order valence-electron chi connectivity index (χ4n) is 1.03. The summed E-state index contributed by atoms with van der Waals surface area (Å²) in [7, 11) is 0. The Kier molecular flexibility index (Phi) is 6.17. The molecule has 0 heterocycles. The van der Waals surface area contributed by atoms with Gasteiger partial charge in [-0.2, -0.15) is 0 Å². The molecular formula is C11H22N2O2. The van der Waals surface area contributed by atoms with E-state index < -0.39 is 6.04 Å². The van der Waals surface area contributed by atoms with Crippen LogP contribution in [0.4, 0.5) is 0 Å². The first-order chi connectivity index (χ1) is 6.93. The van der Waals surface area contributed by atoms with Gasteiger partial charge in [-0.1, -0.05) is 34.1 Å². The van der Waals surface area contributed by atoms with Gasteiger partial charge in [0, 0.05) is 5.92 Å². The third-order valence-corrected chi connectivity index (χ3v) is 2.87. The third-order valence-electron chi connectivity index (χ3n) is 2.87. The van der Waals surface area contributed by atoms with Gasteiger partial charge in [0.2, 0.25) is 11.8 Å². The van der Waals surface area contributed by atoms with Crippen molar-refractivity contribution in [2.24, 2.45) is 17.6 Å². The summed E-state index contributed by atoms with van der Waals surface area (Å²) in [5, 5.41) is 2.34. The molecule has 0 rings (SSSR count). The molecule has 15 heavy (non-hydrogen) atoms. The summed E-state index contributed by atoms with van der Waals surface area (Å²) < 4.78 is 0. The fourth-order valence-corrected chi connectivity index (χ4v) is 1.03. The fraction of sp³-hybridized carbons (Fsp3) is 0.818. The van der Waals surface area contributed by atoms with Crippen LogP contribution in [0.1, 0.15) is 40.5 Å². The molecule has 4 heteroatoms. The predicted molar refractivity (Wildman–Crippen MR) is 60.0 cm³/mol. The van der Waals surface area contributed by atoms with Crippen molar-refractivity contribution < 1.29 is 9.59 Å². The van der Waals surface area contributed by atoms with Crippen molar-refractivity contribution in [2.75, 3.05) is 0 Å². The van der Waals surface area contributed by atoms with Crippen molar-refractivity contribution in [3.05, 3.63) is 0 Å². The van der Waals surface area contributed by atoms with E-state index in [-0.39, 0.29) is 23.7 Å². The topological polar surface area (TPSA) is 72.2 Å². The van der Waals surface area contributed by atoms with Crippen molar-refractivity contribution in [3.63, 3.8) is 0 Å². The Morgan fingerprint density at radius 2 is 1.67 bits per heavy atom. The van der Waals surface area contributed by atoms with Crippen LogP contribution in [0.5, 0.6) is 0 Å². The third kappa shape index (κ3) is 4.42. The molecule has 4 nitrogen and oxygen atoms in total. The highest BCUT2D eigenvalue weighted by atomic mass is 16.2. The maximum atomic E-state index is 11.5. The van der Waals surface area contributed by atoms with Gasteiger partial charge in [-0.3, -0.25) is 14.9 Å². The van der Waals surface area contributed by atoms with Crippen LogP contribution < -0.4 is 11.1 Å². The molecule has 88 valence electrons. The van der Waals surface area contributed by atoms with Crippen LogP contribution in [-0.4, -0.2) is 17.9 Å². The minimum Gasteiger partial charge on any atom is -0.320 e. The minimum atomic E-state index is -0.594. The molecule has 0 bridgehead atoms. The second kappa shape index (κ2) is 6.56. The lowest BCUT2D eigenvalue weighted by atomic mass is 9.99. The average molecular weight is 214 g/mol. The van der Waals surface area contributed by atoms with Gasteiger partial charge in [0.15, 0.2) is 0 Å². The smallest absolute Gasteiger partial charge is 0.243 e. The van der Waals surface area contributed by atoms with Crippen LogP contribution in [0.3, 0.4) is 0 Å². The molecule has 0 aliphatic rings. The molecule has 0 aromatic rings. The van der Waals surface area contributed by atoms with Crippen molar-refractivity contribution in [1.29, 1.82) is 0 Å². The Hall–Kier alpha value is -0.900. The highest BCUT2D eigenvalue weighted by Crippen LogP contribution is 2.06. The van der Waals surface area contributed by atoms with E-state index in [1.165, 1.54) is 0 Å². The van der Waals surface area contributed by atoms with Crippen molar-refractivity contribution in [2.45, 2.75) is 46.6 Å². The largest absolute Gasteiger partial charge is 0.320 e. The Balaban J connectivity index is 4.19. The number of imide groups is 1. The normalized spacial score (nSPS) is 16.6. The lowest BCUT2D eigenvalue weighted by Gasteiger charge is -2.18. The Morgan fingerprint density at radius 3 is 2.07 bits per heavy atom. The lowest BCUT2D eigenvalue weighted by Crippen LogP contribution is -2.48. The van der Waals surface area contributed by atoms with E-state index in [2.05, 4.69) is 5.32 Å². The van der Waals surface area contributed by atoms with Crippen molar-refractivity contribution >= 4 is 11.8 Å². The zero-order valence-electron chi connectivity index (χ0n) is 10.0. The average Bonchev–Trinajstić information content (AvgIpc) is 2.25. The summed E-state index contributed by atoms with van der Waals surface area (Å²) in [6.07, 6.45) is 1.55. The molecule has 0 fully saturated rings. The molecule has 3 N–H and O–H groups in total. The van der Waals surface area contributed by atoms with E-state index >= 15 is 0 Å². The van der Waals surface area contributed by atoms with Crippen LogP contribution in [-0.2, 0) is 9.59 Å². The van der Waals surface area contributed by atoms with Gasteiger partial charge in [-0.25, -0.2) is 0 Å². The molecule has 0 saturated heterocycles. The molecule has 0 aliphatic carbocycles. The minimum absolute atomic E-state index is 0.0923. The monoisotopic (exact) mass is 214 g/mol. The Labute approximate surface area is 91.6 Å². The highest BCUT2D eigenvalue weighted by molar-refractivity contribution is 5.98. The number of hydrogen-bond donors (Lipinski definition) is 2. The van der Waals surface area contributed by atoms with Gasteiger partial charge < -0.3 is 5.73 Å². The summed E-state index contributed by atoms with van der Waals surface area (Å²) in [5.41, 5.74) is 5.70. The molecule has 0 radical (unpaired) electrons. The zero-order valence-corrected chi connectivity index (χ0v) is 10.0. The summed E-state index contributed by atoms with van der Waals surface area (Å²) in [6.45, 7) is 7.56. The first-order valence-corrected chi connectivity index (χ1v) is 5.54. The Morgan fingerprint density at radius 1 is 1.13 bits per heavy atom. The number of nitrogens with two attached hydrogens (primary N) is 1. The van der Waals surface area contributed by atoms with Crippen LogP contribution in [0.25, 0.3) is 0 Å². The van der Waals surface area contributed by atoms with Crippen LogP contribution in [0.2, 0.25) is 0 Å². The number of hydrogen-bond acceptors (Lipinski definition) is 3. The molecule has 0 aromatic heterocycles. The van der Waals surface area contributed by atoms with Gasteiger partial charge in [-0.05, 0) is 12.3 Å². The number of nitrogens with one attached hydrogen (secondary N) is 1. The summed E-state index contributed by atoms with van der Waals surface area (Å²) >= 11 is 0. The van der Waals surface area contributed by atoms with Gasteiger partial charge >= 0.3 is 0 Å². The van der Waals surface area contributed by atoms with Crippen molar-refractivity contribution in [1.82, 2.24) is 5.32 Å². The predicted octanol–water partition coefficient (Wildman–Crippen LogP) is 1.05. The SMILES string of the molecule is CC[C@H](C)C(=O)NC(=O)[C@@H](N)[C@@H](C)CC. The lowest BCUT2D eigenvalue weighted by molar-refractivity contribution is -0.133. The van der Waals surface area contributed by atoms with Crippen LogP contribution >= 0.6 is 0 Å². The maximum Gasteiger partial charge on any atom is 0.243 e. The molecule has 0 unspecified atom stereocenters. The van der Waals surface area contributed by atoms with Crippen LogP contribution in [0, 0.1) is 11.8 Å². The highest BCUT2D eigenvalue weighted by Gasteiger charge is 2.22. The second-order valence-corrected chi connectivity index (χ2v) is 4.07. The summed E-state index contributed by atoms with van der Waals surface area (Å²) in [5.74, 6) is -0.649. The number of carbonyl (C=O) groups excluding carboxylic acids is 2. The van der Waals surface area contributed by atoms with Gasteiger partial charge in [0.05, 0.1) is 6.04 Å². The van der Waals surface area contributed by atoms with Crippen molar-refractivity contribution in [3.8, 4) is 0 Å². The summed E-state index contributed by atoms with van der Waals surface area (Å²) in [4.78, 5) is 22.9. The first kappa shape index (κ1) is 14.1. The van der Waals surface area contributed by atoms with E-state index in [0.717, 1.165) is 12.8 Å². The number of rotatable bonds is 5. The van der Waals surface area contributed by atoms with Gasteiger partial charge in [-0.15, -0.1) is 0 Å². The maximum absolute atomic E-state index is 11.5. The van der Waals surface area contributed by atoms with Gasteiger partial charge in [0.1, 0.15) is 0 Å². The zero-order chi connectivity index (χ0) is 12.0. The van der Waals surface area contributed by atoms with Crippen LogP contribution in [0.15, 0.2) is 0 Å².